The van der Waals surface area contributed by atoms with Crippen molar-refractivity contribution in [2.45, 2.75) is 52.9 Å². The van der Waals surface area contributed by atoms with Crippen LogP contribution in [0, 0.1) is 29.1 Å². The summed E-state index contributed by atoms with van der Waals surface area (Å²) in [7, 11) is 0. The molecule has 25 heavy (non-hydrogen) atoms. The average Bonchev–Trinajstić information content (AvgIpc) is 3.42. The summed E-state index contributed by atoms with van der Waals surface area (Å²) in [5.41, 5.74) is 0.499. The summed E-state index contributed by atoms with van der Waals surface area (Å²) in [6.07, 6.45) is 4.94. The van der Waals surface area contributed by atoms with E-state index in [0.29, 0.717) is 18.2 Å². The minimum Gasteiger partial charge on any atom is -0.411 e. The molecule has 0 bridgehead atoms. The van der Waals surface area contributed by atoms with E-state index in [1.54, 1.807) is 0 Å². The number of hydrogen-bond acceptors (Lipinski definition) is 4. The molecule has 2 amide bonds. The highest BCUT2D eigenvalue weighted by Gasteiger charge is 2.54. The summed E-state index contributed by atoms with van der Waals surface area (Å²) in [4.78, 5) is 27.2. The Bertz CT molecular complexity index is 568. The molecule has 1 heterocycles. The Morgan fingerprint density at radius 3 is 2.56 bits per heavy atom. The Morgan fingerprint density at radius 2 is 1.96 bits per heavy atom. The molecular weight excluding hydrogens is 318 g/mol. The molecule has 0 aromatic carbocycles. The van der Waals surface area contributed by atoms with E-state index in [4.69, 9.17) is 5.21 Å². The van der Waals surface area contributed by atoms with Crippen LogP contribution in [0.15, 0.2) is 5.16 Å². The molecule has 6 heteroatoms. The number of rotatable bonds is 5. The van der Waals surface area contributed by atoms with Crippen molar-refractivity contribution >= 4 is 17.5 Å². The lowest BCUT2D eigenvalue weighted by Crippen LogP contribution is -2.57. The number of oxime groups is 1. The number of carbonyl (C=O) groups is 2. The standard InChI is InChI=1S/C19H31N3O3/c1-12(21-25)15-9-16(19(15,2)3)18(24)22-8-4-5-14(11-22)17(23)20-10-13-6-7-13/h13-16,25H,4-11H2,1-3H3,(H,20,23). The smallest absolute Gasteiger partial charge is 0.226 e. The lowest BCUT2D eigenvalue weighted by atomic mass is 9.53. The lowest BCUT2D eigenvalue weighted by molar-refractivity contribution is -0.151. The van der Waals surface area contributed by atoms with Gasteiger partial charge in [0.2, 0.25) is 11.8 Å². The quantitative estimate of drug-likeness (QED) is 0.454. The zero-order valence-corrected chi connectivity index (χ0v) is 15.6. The first-order valence-electron chi connectivity index (χ1n) is 9.59. The Morgan fingerprint density at radius 1 is 1.24 bits per heavy atom. The van der Waals surface area contributed by atoms with E-state index in [9.17, 15) is 9.59 Å². The fourth-order valence-corrected chi connectivity index (χ4v) is 4.45. The third kappa shape index (κ3) is 3.67. The van der Waals surface area contributed by atoms with Gasteiger partial charge in [0.15, 0.2) is 0 Å². The molecule has 3 aliphatic rings. The lowest BCUT2D eigenvalue weighted by Gasteiger charge is -2.52. The van der Waals surface area contributed by atoms with Gasteiger partial charge in [0.25, 0.3) is 0 Å². The van der Waals surface area contributed by atoms with Gasteiger partial charge in [-0.15, -0.1) is 0 Å². The summed E-state index contributed by atoms with van der Waals surface area (Å²) < 4.78 is 0. The van der Waals surface area contributed by atoms with Gasteiger partial charge in [0, 0.05) is 31.5 Å². The van der Waals surface area contributed by atoms with Crippen LogP contribution in [-0.2, 0) is 9.59 Å². The first-order chi connectivity index (χ1) is 11.8. The molecule has 2 aliphatic carbocycles. The second kappa shape index (κ2) is 6.96. The van der Waals surface area contributed by atoms with Crippen molar-refractivity contribution < 1.29 is 14.8 Å². The van der Waals surface area contributed by atoms with Crippen LogP contribution in [-0.4, -0.2) is 47.3 Å². The minimum atomic E-state index is -0.200. The predicted octanol–water partition coefficient (Wildman–Crippen LogP) is 2.26. The van der Waals surface area contributed by atoms with Crippen molar-refractivity contribution in [2.24, 2.45) is 34.2 Å². The number of nitrogens with one attached hydrogen (secondary N) is 1. The van der Waals surface area contributed by atoms with Gasteiger partial charge in [0.1, 0.15) is 0 Å². The molecule has 140 valence electrons. The number of likely N-dealkylation sites (tertiary alicyclic amines) is 1. The van der Waals surface area contributed by atoms with Crippen LogP contribution in [0.1, 0.15) is 52.9 Å². The van der Waals surface area contributed by atoms with Gasteiger partial charge in [-0.1, -0.05) is 19.0 Å². The second-order valence-corrected chi connectivity index (χ2v) is 8.72. The largest absolute Gasteiger partial charge is 0.411 e. The highest BCUT2D eigenvalue weighted by atomic mass is 16.4. The molecule has 1 saturated heterocycles. The fraction of sp³-hybridized carbons (Fsp3) is 0.842. The molecule has 0 aromatic rings. The maximum atomic E-state index is 13.0. The van der Waals surface area contributed by atoms with E-state index < -0.39 is 0 Å². The van der Waals surface area contributed by atoms with Gasteiger partial charge in [-0.25, -0.2) is 0 Å². The van der Waals surface area contributed by atoms with Crippen molar-refractivity contribution in [3.63, 3.8) is 0 Å². The number of piperidine rings is 1. The van der Waals surface area contributed by atoms with Crippen molar-refractivity contribution in [3.8, 4) is 0 Å². The maximum absolute atomic E-state index is 13.0. The first-order valence-corrected chi connectivity index (χ1v) is 9.59. The summed E-state index contributed by atoms with van der Waals surface area (Å²) in [5, 5.41) is 15.4. The van der Waals surface area contributed by atoms with Gasteiger partial charge in [0.05, 0.1) is 11.6 Å². The summed E-state index contributed by atoms with van der Waals surface area (Å²) in [6.45, 7) is 8.04. The molecule has 3 atom stereocenters. The average molecular weight is 349 g/mol. The maximum Gasteiger partial charge on any atom is 0.226 e. The summed E-state index contributed by atoms with van der Waals surface area (Å²) in [5.74, 6) is 0.965. The van der Waals surface area contributed by atoms with Crippen LogP contribution >= 0.6 is 0 Å². The molecule has 2 N–H and O–H groups in total. The van der Waals surface area contributed by atoms with E-state index >= 15 is 0 Å². The SMILES string of the molecule is CC(=NO)C1CC(C(=O)N2CCCC(C(=O)NCC3CC3)C2)C1(C)C. The van der Waals surface area contributed by atoms with Crippen LogP contribution in [0.5, 0.6) is 0 Å². The van der Waals surface area contributed by atoms with Crippen molar-refractivity contribution in [2.75, 3.05) is 19.6 Å². The van der Waals surface area contributed by atoms with Gasteiger partial charge in [-0.3, -0.25) is 9.59 Å². The molecule has 0 radical (unpaired) electrons. The number of carbonyl (C=O) groups excluding carboxylic acids is 2. The number of hydrogen-bond donors (Lipinski definition) is 2. The molecule has 1 aliphatic heterocycles. The molecule has 3 fully saturated rings. The van der Waals surface area contributed by atoms with Crippen LogP contribution < -0.4 is 5.32 Å². The molecule has 6 nitrogen and oxygen atoms in total. The normalized spacial score (nSPS) is 32.0. The van der Waals surface area contributed by atoms with Crippen LogP contribution in [0.25, 0.3) is 0 Å². The summed E-state index contributed by atoms with van der Waals surface area (Å²) in [6, 6.07) is 0. The van der Waals surface area contributed by atoms with Gasteiger partial charge in [-0.2, -0.15) is 0 Å². The molecule has 0 spiro atoms. The van der Waals surface area contributed by atoms with Crippen LogP contribution in [0.4, 0.5) is 0 Å². The van der Waals surface area contributed by atoms with E-state index in [0.717, 1.165) is 32.4 Å². The topological polar surface area (TPSA) is 82.0 Å². The fourth-order valence-electron chi connectivity index (χ4n) is 4.45. The highest BCUT2D eigenvalue weighted by molar-refractivity contribution is 5.90. The minimum absolute atomic E-state index is 0.0533. The van der Waals surface area contributed by atoms with E-state index in [-0.39, 0.29) is 35.0 Å². The van der Waals surface area contributed by atoms with Crippen molar-refractivity contribution in [1.29, 1.82) is 0 Å². The van der Waals surface area contributed by atoms with E-state index in [1.807, 2.05) is 11.8 Å². The van der Waals surface area contributed by atoms with Crippen molar-refractivity contribution in [3.05, 3.63) is 0 Å². The zero-order chi connectivity index (χ0) is 18.2. The van der Waals surface area contributed by atoms with Gasteiger partial charge < -0.3 is 15.4 Å². The molecule has 0 aromatic heterocycles. The molecular formula is C19H31N3O3. The zero-order valence-electron chi connectivity index (χ0n) is 15.6. The van der Waals surface area contributed by atoms with Crippen LogP contribution in [0.2, 0.25) is 0 Å². The molecule has 3 unspecified atom stereocenters. The number of amides is 2. The highest BCUT2D eigenvalue weighted by Crippen LogP contribution is 2.52. The third-order valence-corrected chi connectivity index (χ3v) is 6.59. The monoisotopic (exact) mass is 349 g/mol. The van der Waals surface area contributed by atoms with Crippen LogP contribution in [0.3, 0.4) is 0 Å². The predicted molar refractivity (Wildman–Crippen MR) is 95.3 cm³/mol. The van der Waals surface area contributed by atoms with E-state index in [1.165, 1.54) is 12.8 Å². The molecule has 2 saturated carbocycles. The molecule has 3 rings (SSSR count). The van der Waals surface area contributed by atoms with Gasteiger partial charge >= 0.3 is 0 Å². The summed E-state index contributed by atoms with van der Waals surface area (Å²) >= 11 is 0. The Balaban J connectivity index is 1.56. The first kappa shape index (κ1) is 18.2. The third-order valence-electron chi connectivity index (χ3n) is 6.59. The Hall–Kier alpha value is -1.59. The second-order valence-electron chi connectivity index (χ2n) is 8.72. The Labute approximate surface area is 150 Å². The van der Waals surface area contributed by atoms with Gasteiger partial charge in [-0.05, 0) is 50.4 Å². The van der Waals surface area contributed by atoms with E-state index in [2.05, 4.69) is 24.3 Å². The Kier molecular flexibility index (Phi) is 5.07. The van der Waals surface area contributed by atoms with Crippen molar-refractivity contribution in [1.82, 2.24) is 10.2 Å². The number of nitrogens with zero attached hydrogens (tertiary/aromatic N) is 2.